The molecule has 0 aliphatic carbocycles. The standard InChI is InChI=1S/C18H28N2O5S/c1-6-7-11-23-13-19(4)26(22)20(5)17(21)24-15-10-8-9-14-12-18(2,3)25-16(14)15/h8-10H,6-7,11-13H2,1-5H3. The van der Waals surface area contributed by atoms with E-state index in [0.29, 0.717) is 18.1 Å². The Morgan fingerprint density at radius 3 is 2.81 bits per heavy atom. The minimum Gasteiger partial charge on any atom is -0.573 e. The number of carbonyl (C=O) groups is 1. The zero-order valence-electron chi connectivity index (χ0n) is 16.1. The zero-order chi connectivity index (χ0) is 19.3. The lowest BCUT2D eigenvalue weighted by Crippen LogP contribution is -2.44. The first-order chi connectivity index (χ1) is 12.2. The number of ether oxygens (including phenoxy) is 3. The third kappa shape index (κ3) is 5.26. The number of rotatable bonds is 8. The van der Waals surface area contributed by atoms with Gasteiger partial charge >= 0.3 is 6.09 Å². The summed E-state index contributed by atoms with van der Waals surface area (Å²) < 4.78 is 31.6. The van der Waals surface area contributed by atoms with Crippen LogP contribution in [-0.2, 0) is 22.7 Å². The Labute approximate surface area is 158 Å². The third-order valence-corrected chi connectivity index (χ3v) is 5.18. The van der Waals surface area contributed by atoms with Crippen molar-refractivity contribution in [2.75, 3.05) is 27.4 Å². The van der Waals surface area contributed by atoms with E-state index in [1.807, 2.05) is 26.0 Å². The molecule has 0 radical (unpaired) electrons. The summed E-state index contributed by atoms with van der Waals surface area (Å²) in [5.41, 5.74) is 0.654. The lowest BCUT2D eigenvalue weighted by Gasteiger charge is -2.25. The van der Waals surface area contributed by atoms with Crippen LogP contribution >= 0.6 is 0 Å². The quantitative estimate of drug-likeness (QED) is 0.389. The average Bonchev–Trinajstić information content (AvgIpc) is 2.92. The number of carbonyl (C=O) groups excluding carboxylic acids is 1. The number of amides is 1. The SMILES string of the molecule is CCCCOCN(C)[S+]([O-])N(C)C(=O)Oc1cccc2c1OC(C)(C)C2. The van der Waals surface area contributed by atoms with E-state index >= 15 is 0 Å². The first-order valence-corrected chi connectivity index (χ1v) is 9.79. The predicted molar refractivity (Wildman–Crippen MR) is 100 cm³/mol. The maximum Gasteiger partial charge on any atom is 0.458 e. The lowest BCUT2D eigenvalue weighted by molar-refractivity contribution is 0.0764. The van der Waals surface area contributed by atoms with Gasteiger partial charge in [0.25, 0.3) is 0 Å². The van der Waals surface area contributed by atoms with E-state index < -0.39 is 17.6 Å². The summed E-state index contributed by atoms with van der Waals surface area (Å²) >= 11 is -1.71. The van der Waals surface area contributed by atoms with Gasteiger partial charge in [-0.15, -0.1) is 4.31 Å². The molecule has 1 atom stereocenters. The van der Waals surface area contributed by atoms with Crippen LogP contribution in [0.25, 0.3) is 0 Å². The summed E-state index contributed by atoms with van der Waals surface area (Å²) in [5, 5.41) is 0. The van der Waals surface area contributed by atoms with E-state index in [1.165, 1.54) is 11.4 Å². The van der Waals surface area contributed by atoms with Crippen LogP contribution in [0.4, 0.5) is 4.79 Å². The summed E-state index contributed by atoms with van der Waals surface area (Å²) in [6, 6.07) is 5.44. The van der Waals surface area contributed by atoms with E-state index in [4.69, 9.17) is 14.2 Å². The molecule has 146 valence electrons. The van der Waals surface area contributed by atoms with Crippen LogP contribution < -0.4 is 9.47 Å². The van der Waals surface area contributed by atoms with Crippen molar-refractivity contribution in [2.24, 2.45) is 0 Å². The van der Waals surface area contributed by atoms with Gasteiger partial charge in [0.05, 0.1) is 7.05 Å². The van der Waals surface area contributed by atoms with Crippen molar-refractivity contribution >= 4 is 17.6 Å². The van der Waals surface area contributed by atoms with E-state index in [9.17, 15) is 9.35 Å². The number of fused-ring (bicyclic) bond motifs is 1. The molecular formula is C18H28N2O5S. The van der Waals surface area contributed by atoms with Gasteiger partial charge in [-0.2, -0.15) is 0 Å². The number of unbranched alkanes of at least 4 members (excludes halogenated alkanes) is 1. The number of hydrogen-bond donors (Lipinski definition) is 0. The largest absolute Gasteiger partial charge is 0.573 e. The van der Waals surface area contributed by atoms with Crippen LogP contribution in [0, 0.1) is 0 Å². The first kappa shape index (κ1) is 20.8. The van der Waals surface area contributed by atoms with E-state index in [-0.39, 0.29) is 12.3 Å². The van der Waals surface area contributed by atoms with Crippen molar-refractivity contribution in [3.05, 3.63) is 23.8 Å². The average molecular weight is 384 g/mol. The molecule has 0 N–H and O–H groups in total. The van der Waals surface area contributed by atoms with Gasteiger partial charge in [0.1, 0.15) is 12.3 Å². The minimum atomic E-state index is -1.71. The van der Waals surface area contributed by atoms with Gasteiger partial charge in [0, 0.05) is 25.6 Å². The van der Waals surface area contributed by atoms with Gasteiger partial charge in [-0.3, -0.25) is 0 Å². The van der Waals surface area contributed by atoms with Crippen LogP contribution in [0.2, 0.25) is 0 Å². The summed E-state index contributed by atoms with van der Waals surface area (Å²) in [6.45, 7) is 6.79. The number of nitrogens with zero attached hydrogens (tertiary/aromatic N) is 2. The van der Waals surface area contributed by atoms with Crippen LogP contribution in [0.3, 0.4) is 0 Å². The fourth-order valence-electron chi connectivity index (χ4n) is 2.58. The number of para-hydroxylation sites is 1. The highest BCUT2D eigenvalue weighted by molar-refractivity contribution is 7.87. The van der Waals surface area contributed by atoms with Gasteiger partial charge in [-0.1, -0.05) is 29.8 Å². The lowest BCUT2D eigenvalue weighted by atomic mass is 10.0. The van der Waals surface area contributed by atoms with Crippen LogP contribution in [-0.4, -0.2) is 52.3 Å². The van der Waals surface area contributed by atoms with E-state index in [2.05, 4.69) is 6.92 Å². The summed E-state index contributed by atoms with van der Waals surface area (Å²) in [5.74, 6) is 0.907. The third-order valence-electron chi connectivity index (χ3n) is 3.93. The summed E-state index contributed by atoms with van der Waals surface area (Å²) in [4.78, 5) is 12.4. The summed E-state index contributed by atoms with van der Waals surface area (Å²) in [6.07, 6.45) is 1.99. The Morgan fingerprint density at radius 2 is 2.12 bits per heavy atom. The highest BCUT2D eigenvalue weighted by Crippen LogP contribution is 2.41. The Kier molecular flexibility index (Phi) is 7.16. The molecule has 0 bridgehead atoms. The number of hydrogen-bond acceptors (Lipinski definition) is 6. The second kappa shape index (κ2) is 8.94. The van der Waals surface area contributed by atoms with Crippen molar-refractivity contribution in [3.63, 3.8) is 0 Å². The van der Waals surface area contributed by atoms with Crippen molar-refractivity contribution in [1.82, 2.24) is 8.61 Å². The van der Waals surface area contributed by atoms with Gasteiger partial charge in [-0.25, -0.2) is 4.79 Å². The normalized spacial score (nSPS) is 16.1. The molecule has 0 spiro atoms. The fourth-order valence-corrected chi connectivity index (χ4v) is 3.33. The van der Waals surface area contributed by atoms with Gasteiger partial charge in [0.2, 0.25) is 0 Å². The second-order valence-electron chi connectivity index (χ2n) is 6.90. The first-order valence-electron chi connectivity index (χ1n) is 8.72. The second-order valence-corrected chi connectivity index (χ2v) is 8.53. The maximum atomic E-state index is 12.4. The predicted octanol–water partition coefficient (Wildman–Crippen LogP) is 3.12. The molecule has 1 aromatic rings. The molecule has 1 heterocycles. The molecule has 1 aliphatic heterocycles. The van der Waals surface area contributed by atoms with Gasteiger partial charge in [0.15, 0.2) is 23.0 Å². The topological polar surface area (TPSA) is 74.3 Å². The molecule has 1 aromatic carbocycles. The Hall–Kier alpha value is -1.48. The highest BCUT2D eigenvalue weighted by atomic mass is 32.2. The zero-order valence-corrected chi connectivity index (χ0v) is 16.9. The molecule has 26 heavy (non-hydrogen) atoms. The molecular weight excluding hydrogens is 356 g/mol. The minimum absolute atomic E-state index is 0.169. The molecule has 8 heteroatoms. The molecule has 1 amide bonds. The van der Waals surface area contributed by atoms with Gasteiger partial charge in [-0.05, 0) is 26.3 Å². The Balaban J connectivity index is 1.95. The highest BCUT2D eigenvalue weighted by Gasteiger charge is 2.34. The molecule has 1 unspecified atom stereocenters. The van der Waals surface area contributed by atoms with Crippen molar-refractivity contribution < 1.29 is 23.6 Å². The molecule has 0 saturated heterocycles. The van der Waals surface area contributed by atoms with Crippen LogP contribution in [0.15, 0.2) is 18.2 Å². The van der Waals surface area contributed by atoms with Crippen molar-refractivity contribution in [1.29, 1.82) is 0 Å². The Morgan fingerprint density at radius 1 is 1.38 bits per heavy atom. The number of benzene rings is 1. The monoisotopic (exact) mass is 384 g/mol. The molecule has 1 aliphatic rings. The van der Waals surface area contributed by atoms with Gasteiger partial charge < -0.3 is 18.8 Å². The Bertz CT molecular complexity index is 626. The maximum absolute atomic E-state index is 12.4. The summed E-state index contributed by atoms with van der Waals surface area (Å²) in [7, 11) is 3.05. The molecule has 0 saturated carbocycles. The smallest absolute Gasteiger partial charge is 0.458 e. The molecule has 7 nitrogen and oxygen atoms in total. The molecule has 0 aromatic heterocycles. The van der Waals surface area contributed by atoms with E-state index in [0.717, 1.165) is 29.1 Å². The van der Waals surface area contributed by atoms with Crippen molar-refractivity contribution in [3.8, 4) is 11.5 Å². The van der Waals surface area contributed by atoms with Crippen LogP contribution in [0.1, 0.15) is 39.2 Å². The molecule has 2 rings (SSSR count). The van der Waals surface area contributed by atoms with Crippen LogP contribution in [0.5, 0.6) is 11.5 Å². The van der Waals surface area contributed by atoms with E-state index in [1.54, 1.807) is 13.1 Å². The fraction of sp³-hybridized carbons (Fsp3) is 0.611. The van der Waals surface area contributed by atoms with Crippen molar-refractivity contribution in [2.45, 2.75) is 45.6 Å². The molecule has 0 fully saturated rings.